The molecular formula is C14H30N2O2S. The molecule has 0 aromatic heterocycles. The van der Waals surface area contributed by atoms with Gasteiger partial charge in [0, 0.05) is 19.1 Å². The maximum absolute atomic E-state index is 12.2. The largest absolute Gasteiger partial charge is 0.314 e. The van der Waals surface area contributed by atoms with Gasteiger partial charge in [-0.1, -0.05) is 20.8 Å². The van der Waals surface area contributed by atoms with Crippen molar-refractivity contribution >= 4 is 10.0 Å². The van der Waals surface area contributed by atoms with E-state index in [1.165, 1.54) is 12.8 Å². The van der Waals surface area contributed by atoms with Crippen molar-refractivity contribution in [1.29, 1.82) is 0 Å². The summed E-state index contributed by atoms with van der Waals surface area (Å²) >= 11 is 0. The van der Waals surface area contributed by atoms with Crippen LogP contribution in [0.5, 0.6) is 0 Å². The summed E-state index contributed by atoms with van der Waals surface area (Å²) in [6.45, 7) is 9.14. The summed E-state index contributed by atoms with van der Waals surface area (Å²) in [5.74, 6) is 0.260. The Bertz CT molecular complexity index is 369. The van der Waals surface area contributed by atoms with E-state index in [4.69, 9.17) is 0 Å². The fourth-order valence-electron chi connectivity index (χ4n) is 1.93. The number of sulfonamides is 1. The van der Waals surface area contributed by atoms with E-state index >= 15 is 0 Å². The van der Waals surface area contributed by atoms with Gasteiger partial charge in [-0.25, -0.2) is 12.7 Å². The van der Waals surface area contributed by atoms with Crippen molar-refractivity contribution in [2.24, 2.45) is 5.41 Å². The normalized spacial score (nSPS) is 18.8. The zero-order chi connectivity index (χ0) is 14.7. The predicted octanol–water partition coefficient (Wildman–Crippen LogP) is 2.21. The van der Waals surface area contributed by atoms with Crippen LogP contribution in [-0.2, 0) is 10.0 Å². The highest BCUT2D eigenvalue weighted by atomic mass is 32.2. The second-order valence-corrected chi connectivity index (χ2v) is 8.96. The maximum atomic E-state index is 12.2. The molecule has 1 aliphatic rings. The predicted molar refractivity (Wildman–Crippen MR) is 80.7 cm³/mol. The highest BCUT2D eigenvalue weighted by molar-refractivity contribution is 7.89. The highest BCUT2D eigenvalue weighted by Gasteiger charge is 2.30. The van der Waals surface area contributed by atoms with E-state index in [2.05, 4.69) is 26.1 Å². The van der Waals surface area contributed by atoms with Gasteiger partial charge in [0.25, 0.3) is 0 Å². The van der Waals surface area contributed by atoms with E-state index in [0.717, 1.165) is 19.4 Å². The van der Waals surface area contributed by atoms with E-state index in [1.807, 2.05) is 6.92 Å². The van der Waals surface area contributed by atoms with Gasteiger partial charge in [0.2, 0.25) is 10.0 Å². The van der Waals surface area contributed by atoms with Crippen LogP contribution in [0.4, 0.5) is 0 Å². The van der Waals surface area contributed by atoms with Gasteiger partial charge in [0.1, 0.15) is 0 Å². The van der Waals surface area contributed by atoms with Crippen LogP contribution in [0.1, 0.15) is 53.4 Å². The van der Waals surface area contributed by atoms with E-state index in [9.17, 15) is 8.42 Å². The molecular weight excluding hydrogens is 260 g/mol. The standard InChI is InChI=1S/C14H30N2O2S/c1-12(14(2,3)4)16(5)19(17,18)11-7-6-10-15-13-8-9-13/h12-13,15H,6-11H2,1-5H3. The maximum Gasteiger partial charge on any atom is 0.214 e. The van der Waals surface area contributed by atoms with Gasteiger partial charge in [-0.15, -0.1) is 0 Å². The molecule has 0 radical (unpaired) electrons. The molecule has 5 heteroatoms. The van der Waals surface area contributed by atoms with Gasteiger partial charge < -0.3 is 5.32 Å². The van der Waals surface area contributed by atoms with Crippen LogP contribution < -0.4 is 5.32 Å². The van der Waals surface area contributed by atoms with Crippen molar-refractivity contribution in [2.75, 3.05) is 19.3 Å². The molecule has 0 bridgehead atoms. The Hall–Kier alpha value is -0.130. The summed E-state index contributed by atoms with van der Waals surface area (Å²) in [6, 6.07) is 0.724. The summed E-state index contributed by atoms with van der Waals surface area (Å²) in [5, 5.41) is 3.41. The fourth-order valence-corrected chi connectivity index (χ4v) is 3.59. The van der Waals surface area contributed by atoms with Gasteiger partial charge in [0.15, 0.2) is 0 Å². The minimum absolute atomic E-state index is 0.0158. The number of unbranched alkanes of at least 4 members (excludes halogenated alkanes) is 1. The van der Waals surface area contributed by atoms with Crippen molar-refractivity contribution in [2.45, 2.75) is 65.5 Å². The average Bonchev–Trinajstić information content (AvgIpc) is 3.09. The molecule has 0 aromatic carbocycles. The fraction of sp³-hybridized carbons (Fsp3) is 1.00. The Morgan fingerprint density at radius 3 is 2.32 bits per heavy atom. The molecule has 1 fully saturated rings. The van der Waals surface area contributed by atoms with Crippen molar-refractivity contribution in [1.82, 2.24) is 9.62 Å². The summed E-state index contributed by atoms with van der Waals surface area (Å²) in [4.78, 5) is 0. The van der Waals surface area contributed by atoms with Crippen LogP contribution in [0, 0.1) is 5.41 Å². The first-order valence-electron chi connectivity index (χ1n) is 7.33. The molecule has 0 aromatic rings. The van der Waals surface area contributed by atoms with E-state index < -0.39 is 10.0 Å². The topological polar surface area (TPSA) is 49.4 Å². The van der Waals surface area contributed by atoms with Gasteiger partial charge in [0.05, 0.1) is 5.75 Å². The average molecular weight is 290 g/mol. The molecule has 0 amide bonds. The van der Waals surface area contributed by atoms with E-state index in [-0.39, 0.29) is 17.2 Å². The van der Waals surface area contributed by atoms with Crippen LogP contribution in [0.15, 0.2) is 0 Å². The van der Waals surface area contributed by atoms with Crippen molar-refractivity contribution in [3.05, 3.63) is 0 Å². The second-order valence-electron chi connectivity index (χ2n) is 6.81. The molecule has 0 saturated heterocycles. The third-order valence-electron chi connectivity index (χ3n) is 4.08. The molecule has 1 saturated carbocycles. The molecule has 1 aliphatic carbocycles. The monoisotopic (exact) mass is 290 g/mol. The quantitative estimate of drug-likeness (QED) is 0.697. The minimum atomic E-state index is -3.12. The summed E-state index contributed by atoms with van der Waals surface area (Å²) in [5.41, 5.74) is -0.0324. The Labute approximate surface area is 119 Å². The summed E-state index contributed by atoms with van der Waals surface area (Å²) < 4.78 is 26.0. The summed E-state index contributed by atoms with van der Waals surface area (Å²) in [7, 11) is -1.42. The smallest absolute Gasteiger partial charge is 0.214 e. The van der Waals surface area contributed by atoms with Crippen LogP contribution >= 0.6 is 0 Å². The van der Waals surface area contributed by atoms with Crippen LogP contribution in [-0.4, -0.2) is 44.2 Å². The third kappa shape index (κ3) is 5.79. The Morgan fingerprint density at radius 2 is 1.84 bits per heavy atom. The second kappa shape index (κ2) is 6.55. The Balaban J connectivity index is 2.32. The third-order valence-corrected chi connectivity index (χ3v) is 6.08. The van der Waals surface area contributed by atoms with Crippen molar-refractivity contribution in [3.63, 3.8) is 0 Å². The van der Waals surface area contributed by atoms with Gasteiger partial charge >= 0.3 is 0 Å². The molecule has 4 nitrogen and oxygen atoms in total. The van der Waals surface area contributed by atoms with Crippen LogP contribution in [0.2, 0.25) is 0 Å². The molecule has 1 unspecified atom stereocenters. The number of hydrogen-bond donors (Lipinski definition) is 1. The van der Waals surface area contributed by atoms with Crippen LogP contribution in [0.25, 0.3) is 0 Å². The van der Waals surface area contributed by atoms with E-state index in [0.29, 0.717) is 6.04 Å². The lowest BCUT2D eigenvalue weighted by atomic mass is 9.88. The van der Waals surface area contributed by atoms with Gasteiger partial charge in [-0.3, -0.25) is 0 Å². The zero-order valence-electron chi connectivity index (χ0n) is 13.1. The first kappa shape index (κ1) is 16.9. The highest BCUT2D eigenvalue weighted by Crippen LogP contribution is 2.25. The SMILES string of the molecule is CC(N(C)S(=O)(=O)CCCCNC1CC1)C(C)(C)C. The molecule has 0 aliphatic heterocycles. The Kier molecular flexibility index (Phi) is 5.83. The minimum Gasteiger partial charge on any atom is -0.314 e. The molecule has 1 rings (SSSR count). The molecule has 1 atom stereocenters. The lowest BCUT2D eigenvalue weighted by Crippen LogP contribution is -2.43. The molecule has 0 spiro atoms. The van der Waals surface area contributed by atoms with E-state index in [1.54, 1.807) is 11.4 Å². The lowest BCUT2D eigenvalue weighted by molar-refractivity contribution is 0.216. The van der Waals surface area contributed by atoms with Gasteiger partial charge in [-0.05, 0) is 44.6 Å². The first-order valence-corrected chi connectivity index (χ1v) is 8.94. The van der Waals surface area contributed by atoms with Crippen molar-refractivity contribution < 1.29 is 8.42 Å². The molecule has 114 valence electrons. The number of nitrogens with one attached hydrogen (secondary N) is 1. The zero-order valence-corrected chi connectivity index (χ0v) is 13.9. The van der Waals surface area contributed by atoms with Crippen LogP contribution in [0.3, 0.4) is 0 Å². The lowest BCUT2D eigenvalue weighted by Gasteiger charge is -2.34. The molecule has 1 N–H and O–H groups in total. The number of hydrogen-bond acceptors (Lipinski definition) is 3. The van der Waals surface area contributed by atoms with Crippen molar-refractivity contribution in [3.8, 4) is 0 Å². The molecule has 19 heavy (non-hydrogen) atoms. The first-order chi connectivity index (χ1) is 8.64. The molecule has 0 heterocycles. The van der Waals surface area contributed by atoms with Gasteiger partial charge in [-0.2, -0.15) is 0 Å². The number of nitrogens with zero attached hydrogens (tertiary/aromatic N) is 1. The summed E-state index contributed by atoms with van der Waals surface area (Å²) in [6.07, 6.45) is 4.24. The number of rotatable bonds is 8. The Morgan fingerprint density at radius 1 is 1.26 bits per heavy atom.